The topological polar surface area (TPSA) is 60.9 Å². The summed E-state index contributed by atoms with van der Waals surface area (Å²) in [7, 11) is 0. The Hall–Kier alpha value is -3.77. The van der Waals surface area contributed by atoms with Crippen LogP contribution in [0.4, 0.5) is 4.39 Å². The van der Waals surface area contributed by atoms with Crippen LogP contribution in [0, 0.1) is 5.82 Å². The summed E-state index contributed by atoms with van der Waals surface area (Å²) in [5.41, 5.74) is 1.61. The standard InChI is InChI=1S/C23H13ClFN3O2/c24-15-5-3-4-14(12-15)21-26-22(30-27-21)20-13-28(17-10-8-16(25)9-11-17)23(29)19-7-2-1-6-18(19)20/h1-13H. The molecule has 0 spiro atoms. The number of pyridine rings is 1. The Labute approximate surface area is 175 Å². The molecule has 3 aromatic carbocycles. The highest BCUT2D eigenvalue weighted by atomic mass is 35.5. The third-order valence-electron chi connectivity index (χ3n) is 4.77. The fourth-order valence-corrected chi connectivity index (χ4v) is 3.52. The van der Waals surface area contributed by atoms with Crippen LogP contribution in [0.25, 0.3) is 39.3 Å². The highest BCUT2D eigenvalue weighted by Gasteiger charge is 2.17. The van der Waals surface area contributed by atoms with Gasteiger partial charge < -0.3 is 4.52 Å². The zero-order valence-electron chi connectivity index (χ0n) is 15.4. The molecule has 0 fully saturated rings. The predicted octanol–water partition coefficient (Wildman–Crippen LogP) is 5.50. The highest BCUT2D eigenvalue weighted by Crippen LogP contribution is 2.29. The molecule has 30 heavy (non-hydrogen) atoms. The average Bonchev–Trinajstić information content (AvgIpc) is 3.25. The van der Waals surface area contributed by atoms with Crippen LogP contribution in [0.3, 0.4) is 0 Å². The summed E-state index contributed by atoms with van der Waals surface area (Å²) < 4.78 is 20.3. The van der Waals surface area contributed by atoms with Crippen LogP contribution in [0.2, 0.25) is 5.02 Å². The van der Waals surface area contributed by atoms with Crippen molar-refractivity contribution in [3.8, 4) is 28.5 Å². The number of benzene rings is 3. The molecule has 0 saturated heterocycles. The number of halogens is 2. The third-order valence-corrected chi connectivity index (χ3v) is 5.00. The number of hydrogen-bond acceptors (Lipinski definition) is 4. The first-order valence-corrected chi connectivity index (χ1v) is 9.48. The Bertz CT molecular complexity index is 1440. The van der Waals surface area contributed by atoms with Crippen LogP contribution < -0.4 is 5.56 Å². The maximum Gasteiger partial charge on any atom is 0.262 e. The first kappa shape index (κ1) is 18.3. The van der Waals surface area contributed by atoms with Gasteiger partial charge in [-0.3, -0.25) is 9.36 Å². The van der Waals surface area contributed by atoms with Gasteiger partial charge in [-0.05, 0) is 42.5 Å². The van der Waals surface area contributed by atoms with E-state index < -0.39 is 0 Å². The van der Waals surface area contributed by atoms with Crippen LogP contribution in [0.5, 0.6) is 0 Å². The fraction of sp³-hybridized carbons (Fsp3) is 0. The second-order valence-electron chi connectivity index (χ2n) is 6.67. The van der Waals surface area contributed by atoms with Gasteiger partial charge in [0, 0.05) is 33.2 Å². The van der Waals surface area contributed by atoms with Gasteiger partial charge >= 0.3 is 0 Å². The summed E-state index contributed by atoms with van der Waals surface area (Å²) in [6.07, 6.45) is 1.63. The molecule has 0 aliphatic carbocycles. The van der Waals surface area contributed by atoms with E-state index in [9.17, 15) is 9.18 Å². The molecular formula is C23H13ClFN3O2. The third kappa shape index (κ3) is 3.17. The van der Waals surface area contributed by atoms with E-state index in [-0.39, 0.29) is 17.3 Å². The minimum absolute atomic E-state index is 0.226. The lowest BCUT2D eigenvalue weighted by Gasteiger charge is -2.10. The Morgan fingerprint density at radius 2 is 1.70 bits per heavy atom. The van der Waals surface area contributed by atoms with Gasteiger partial charge in [0.05, 0.1) is 5.56 Å². The first-order chi connectivity index (χ1) is 14.6. The predicted molar refractivity (Wildman–Crippen MR) is 113 cm³/mol. The molecule has 5 nitrogen and oxygen atoms in total. The number of fused-ring (bicyclic) bond motifs is 1. The van der Waals surface area contributed by atoms with Gasteiger partial charge in [-0.2, -0.15) is 4.98 Å². The van der Waals surface area contributed by atoms with Gasteiger partial charge in [0.2, 0.25) is 5.82 Å². The van der Waals surface area contributed by atoms with Gasteiger partial charge in [-0.1, -0.05) is 47.1 Å². The molecule has 0 bridgehead atoms. The molecule has 5 rings (SSSR count). The second-order valence-corrected chi connectivity index (χ2v) is 7.11. The molecule has 0 radical (unpaired) electrons. The van der Waals surface area contributed by atoms with Crippen LogP contribution in [-0.4, -0.2) is 14.7 Å². The molecule has 2 aromatic heterocycles. The van der Waals surface area contributed by atoms with Crippen molar-refractivity contribution in [3.05, 3.63) is 100 Å². The molecule has 0 aliphatic rings. The monoisotopic (exact) mass is 417 g/mol. The van der Waals surface area contributed by atoms with Crippen molar-refractivity contribution in [1.29, 1.82) is 0 Å². The van der Waals surface area contributed by atoms with Gasteiger partial charge in [-0.25, -0.2) is 4.39 Å². The lowest BCUT2D eigenvalue weighted by molar-refractivity contribution is 0.432. The quantitative estimate of drug-likeness (QED) is 0.389. The van der Waals surface area contributed by atoms with Gasteiger partial charge in [0.25, 0.3) is 11.4 Å². The summed E-state index contributed by atoms with van der Waals surface area (Å²) in [6, 6.07) is 20.0. The Morgan fingerprint density at radius 1 is 0.933 bits per heavy atom. The fourth-order valence-electron chi connectivity index (χ4n) is 3.33. The molecule has 146 valence electrons. The van der Waals surface area contributed by atoms with Crippen molar-refractivity contribution < 1.29 is 8.91 Å². The SMILES string of the molecule is O=c1c2ccccc2c(-c2nc(-c3cccc(Cl)c3)no2)cn1-c1ccc(F)cc1. The lowest BCUT2D eigenvalue weighted by atomic mass is 10.1. The van der Waals surface area contributed by atoms with Crippen molar-refractivity contribution in [3.63, 3.8) is 0 Å². The lowest BCUT2D eigenvalue weighted by Crippen LogP contribution is -2.18. The summed E-state index contributed by atoms with van der Waals surface area (Å²) >= 11 is 6.06. The van der Waals surface area contributed by atoms with Crippen LogP contribution in [0.1, 0.15) is 0 Å². The van der Waals surface area contributed by atoms with Crippen LogP contribution in [0.15, 0.2) is 88.3 Å². The minimum Gasteiger partial charge on any atom is -0.334 e. The van der Waals surface area contributed by atoms with Crippen molar-refractivity contribution in [2.24, 2.45) is 0 Å². The largest absolute Gasteiger partial charge is 0.334 e. The molecular weight excluding hydrogens is 405 g/mol. The van der Waals surface area contributed by atoms with Crippen molar-refractivity contribution >= 4 is 22.4 Å². The molecule has 0 aliphatic heterocycles. The Morgan fingerprint density at radius 3 is 2.47 bits per heavy atom. The first-order valence-electron chi connectivity index (χ1n) is 9.10. The van der Waals surface area contributed by atoms with Crippen molar-refractivity contribution in [2.45, 2.75) is 0 Å². The van der Waals surface area contributed by atoms with E-state index in [1.807, 2.05) is 18.2 Å². The van der Waals surface area contributed by atoms with E-state index in [4.69, 9.17) is 16.1 Å². The molecule has 0 N–H and O–H groups in total. The van der Waals surface area contributed by atoms with Crippen LogP contribution in [-0.2, 0) is 0 Å². The van der Waals surface area contributed by atoms with Gasteiger partial charge in [0.15, 0.2) is 0 Å². The van der Waals surface area contributed by atoms with Crippen LogP contribution >= 0.6 is 11.6 Å². The normalized spacial score (nSPS) is 11.1. The zero-order valence-corrected chi connectivity index (χ0v) is 16.2. The summed E-state index contributed by atoms with van der Waals surface area (Å²) in [4.78, 5) is 17.6. The number of nitrogens with zero attached hydrogens (tertiary/aromatic N) is 3. The second kappa shape index (κ2) is 7.24. The van der Waals surface area contributed by atoms with E-state index in [1.54, 1.807) is 48.7 Å². The van der Waals surface area contributed by atoms with Crippen molar-refractivity contribution in [1.82, 2.24) is 14.7 Å². The molecule has 0 atom stereocenters. The smallest absolute Gasteiger partial charge is 0.262 e. The van der Waals surface area contributed by atoms with E-state index in [0.29, 0.717) is 38.4 Å². The molecule has 7 heteroatoms. The maximum absolute atomic E-state index is 13.4. The Balaban J connectivity index is 1.72. The minimum atomic E-state index is -0.379. The number of hydrogen-bond donors (Lipinski definition) is 0. The highest BCUT2D eigenvalue weighted by molar-refractivity contribution is 6.30. The van der Waals surface area contributed by atoms with Crippen molar-refractivity contribution in [2.75, 3.05) is 0 Å². The molecule has 0 saturated carbocycles. The van der Waals surface area contributed by atoms with E-state index in [2.05, 4.69) is 10.1 Å². The molecule has 2 heterocycles. The van der Waals surface area contributed by atoms with E-state index in [1.165, 1.54) is 16.7 Å². The number of rotatable bonds is 3. The Kier molecular flexibility index (Phi) is 4.41. The maximum atomic E-state index is 13.4. The zero-order chi connectivity index (χ0) is 20.7. The number of aromatic nitrogens is 3. The summed E-state index contributed by atoms with van der Waals surface area (Å²) in [5, 5.41) is 5.80. The molecule has 0 amide bonds. The van der Waals surface area contributed by atoms with E-state index in [0.717, 1.165) is 0 Å². The molecule has 0 unspecified atom stereocenters. The van der Waals surface area contributed by atoms with Gasteiger partial charge in [-0.15, -0.1) is 0 Å². The summed E-state index contributed by atoms with van der Waals surface area (Å²) in [6.45, 7) is 0. The summed E-state index contributed by atoms with van der Waals surface area (Å²) in [5.74, 6) is 0.268. The van der Waals surface area contributed by atoms with Gasteiger partial charge in [0.1, 0.15) is 5.82 Å². The average molecular weight is 418 g/mol. The van der Waals surface area contributed by atoms with E-state index >= 15 is 0 Å². The molecule has 5 aromatic rings.